The van der Waals surface area contributed by atoms with E-state index in [1.54, 1.807) is 0 Å². The van der Waals surface area contributed by atoms with E-state index < -0.39 is 0 Å². The number of amidine groups is 1. The maximum atomic E-state index is 7.40. The summed E-state index contributed by atoms with van der Waals surface area (Å²) in [6, 6.07) is 7.91. The van der Waals surface area contributed by atoms with E-state index in [9.17, 15) is 0 Å². The number of nitrogens with zero attached hydrogens (tertiary/aromatic N) is 2. The first-order valence-corrected chi connectivity index (χ1v) is 5.19. The van der Waals surface area contributed by atoms with Gasteiger partial charge in [0.1, 0.15) is 16.4 Å². The lowest BCUT2D eigenvalue weighted by atomic mass is 10.1. The second-order valence-electron chi connectivity index (χ2n) is 3.23. The predicted molar refractivity (Wildman–Crippen MR) is 61.1 cm³/mol. The Labute approximate surface area is 91.4 Å². The lowest BCUT2D eigenvalue weighted by Gasteiger charge is -2.00. The van der Waals surface area contributed by atoms with Crippen molar-refractivity contribution < 1.29 is 0 Å². The van der Waals surface area contributed by atoms with Crippen LogP contribution in [0.25, 0.3) is 11.3 Å². The van der Waals surface area contributed by atoms with Gasteiger partial charge in [-0.05, 0) is 24.5 Å². The monoisotopic (exact) mass is 218 g/mol. The van der Waals surface area contributed by atoms with E-state index in [-0.39, 0.29) is 5.84 Å². The zero-order valence-electron chi connectivity index (χ0n) is 8.19. The molecule has 1 aromatic heterocycles. The summed E-state index contributed by atoms with van der Waals surface area (Å²) >= 11 is 1.15. The van der Waals surface area contributed by atoms with E-state index >= 15 is 0 Å². The van der Waals surface area contributed by atoms with Crippen molar-refractivity contribution in [1.82, 2.24) is 9.59 Å². The van der Waals surface area contributed by atoms with Crippen LogP contribution >= 0.6 is 11.5 Å². The summed E-state index contributed by atoms with van der Waals surface area (Å²) in [5, 5.41) is 11.4. The standard InChI is InChI=1S/C10H10N4S/c1-6-3-2-4-7(5-6)8-9(10(11)12)15-14-13-8/h2-5H,1H3,(H3,11,12). The molecule has 4 nitrogen and oxygen atoms in total. The largest absolute Gasteiger partial charge is 0.383 e. The Morgan fingerprint density at radius 3 is 2.93 bits per heavy atom. The molecular formula is C10H10N4S. The van der Waals surface area contributed by atoms with Crippen LogP contribution in [0.5, 0.6) is 0 Å². The van der Waals surface area contributed by atoms with Crippen LogP contribution in [-0.2, 0) is 0 Å². The molecule has 0 aliphatic rings. The van der Waals surface area contributed by atoms with Crippen molar-refractivity contribution >= 4 is 17.4 Å². The lowest BCUT2D eigenvalue weighted by Crippen LogP contribution is -2.10. The number of hydrogen-bond acceptors (Lipinski definition) is 4. The average Bonchev–Trinajstić information content (AvgIpc) is 2.65. The fourth-order valence-corrected chi connectivity index (χ4v) is 1.90. The highest BCUT2D eigenvalue weighted by Gasteiger charge is 2.12. The number of aryl methyl sites for hydroxylation is 1. The topological polar surface area (TPSA) is 75.7 Å². The lowest BCUT2D eigenvalue weighted by molar-refractivity contribution is 1.16. The third-order valence-corrected chi connectivity index (χ3v) is 2.78. The minimum absolute atomic E-state index is 0.0153. The molecule has 76 valence electrons. The van der Waals surface area contributed by atoms with Crippen LogP contribution in [0.4, 0.5) is 0 Å². The van der Waals surface area contributed by atoms with Gasteiger partial charge in [0, 0.05) is 5.56 Å². The molecule has 0 fully saturated rings. The van der Waals surface area contributed by atoms with Gasteiger partial charge in [0.25, 0.3) is 0 Å². The van der Waals surface area contributed by atoms with Crippen LogP contribution in [0.2, 0.25) is 0 Å². The van der Waals surface area contributed by atoms with Crippen LogP contribution in [0, 0.1) is 12.3 Å². The van der Waals surface area contributed by atoms with Crippen LogP contribution in [0.3, 0.4) is 0 Å². The number of nitrogens with two attached hydrogens (primary N) is 1. The van der Waals surface area contributed by atoms with Gasteiger partial charge in [-0.1, -0.05) is 28.3 Å². The van der Waals surface area contributed by atoms with Gasteiger partial charge in [-0.25, -0.2) is 0 Å². The second-order valence-corrected chi connectivity index (χ2v) is 3.99. The van der Waals surface area contributed by atoms with Crippen LogP contribution in [-0.4, -0.2) is 15.4 Å². The Morgan fingerprint density at radius 2 is 2.27 bits per heavy atom. The maximum Gasteiger partial charge on any atom is 0.137 e. The highest BCUT2D eigenvalue weighted by atomic mass is 32.1. The Kier molecular flexibility index (Phi) is 2.47. The first kappa shape index (κ1) is 9.79. The van der Waals surface area contributed by atoms with Crippen molar-refractivity contribution in [3.05, 3.63) is 34.7 Å². The summed E-state index contributed by atoms with van der Waals surface area (Å²) in [7, 11) is 0. The van der Waals surface area contributed by atoms with Crippen molar-refractivity contribution in [2.24, 2.45) is 5.73 Å². The number of aromatic nitrogens is 2. The zero-order chi connectivity index (χ0) is 10.8. The maximum absolute atomic E-state index is 7.40. The van der Waals surface area contributed by atoms with E-state index in [1.165, 1.54) is 0 Å². The van der Waals surface area contributed by atoms with E-state index in [0.717, 1.165) is 22.7 Å². The Bertz CT molecular complexity index is 504. The van der Waals surface area contributed by atoms with Crippen LogP contribution in [0.1, 0.15) is 10.4 Å². The van der Waals surface area contributed by atoms with Crippen LogP contribution in [0.15, 0.2) is 24.3 Å². The molecule has 0 saturated heterocycles. The summed E-state index contributed by atoms with van der Waals surface area (Å²) in [5.74, 6) is 0.0153. The fraction of sp³-hybridized carbons (Fsp3) is 0.100. The third kappa shape index (κ3) is 1.87. The first-order valence-electron chi connectivity index (χ1n) is 4.42. The molecule has 0 unspecified atom stereocenters. The molecule has 2 aromatic rings. The van der Waals surface area contributed by atoms with E-state index in [1.807, 2.05) is 31.2 Å². The molecule has 1 heterocycles. The molecule has 1 aromatic carbocycles. The van der Waals surface area contributed by atoms with Crippen molar-refractivity contribution in [2.75, 3.05) is 0 Å². The normalized spacial score (nSPS) is 10.2. The van der Waals surface area contributed by atoms with Gasteiger partial charge >= 0.3 is 0 Å². The Morgan fingerprint density at radius 1 is 1.47 bits per heavy atom. The predicted octanol–water partition coefficient (Wildman–Crippen LogP) is 1.80. The smallest absolute Gasteiger partial charge is 0.137 e. The summed E-state index contributed by atoms with van der Waals surface area (Å²) in [5.41, 5.74) is 8.24. The van der Waals surface area contributed by atoms with Gasteiger partial charge in [0.2, 0.25) is 0 Å². The summed E-state index contributed by atoms with van der Waals surface area (Å²) < 4.78 is 3.82. The van der Waals surface area contributed by atoms with Gasteiger partial charge in [-0.15, -0.1) is 5.10 Å². The molecular weight excluding hydrogens is 208 g/mol. The van der Waals surface area contributed by atoms with E-state index in [0.29, 0.717) is 10.6 Å². The van der Waals surface area contributed by atoms with Crippen molar-refractivity contribution in [3.8, 4) is 11.3 Å². The zero-order valence-corrected chi connectivity index (χ0v) is 9.01. The van der Waals surface area contributed by atoms with Crippen molar-refractivity contribution in [1.29, 1.82) is 5.41 Å². The van der Waals surface area contributed by atoms with Crippen LogP contribution < -0.4 is 5.73 Å². The summed E-state index contributed by atoms with van der Waals surface area (Å²) in [6.45, 7) is 2.01. The third-order valence-electron chi connectivity index (χ3n) is 2.02. The molecule has 15 heavy (non-hydrogen) atoms. The molecule has 0 aliphatic carbocycles. The quantitative estimate of drug-likeness (QED) is 0.596. The number of nitrogens with one attached hydrogen (secondary N) is 1. The van der Waals surface area contributed by atoms with Crippen molar-refractivity contribution in [2.45, 2.75) is 6.92 Å². The second kappa shape index (κ2) is 3.78. The molecule has 0 bridgehead atoms. The van der Waals surface area contributed by atoms with Gasteiger partial charge in [-0.3, -0.25) is 5.41 Å². The van der Waals surface area contributed by atoms with Gasteiger partial charge in [0.05, 0.1) is 0 Å². The number of rotatable bonds is 2. The minimum atomic E-state index is 0.0153. The number of benzene rings is 1. The SMILES string of the molecule is Cc1cccc(-c2nnsc2C(=N)N)c1. The van der Waals surface area contributed by atoms with Gasteiger partial charge in [-0.2, -0.15) is 0 Å². The van der Waals surface area contributed by atoms with E-state index in [4.69, 9.17) is 11.1 Å². The molecule has 0 radical (unpaired) electrons. The fourth-order valence-electron chi connectivity index (χ4n) is 1.35. The molecule has 0 saturated carbocycles. The first-order chi connectivity index (χ1) is 7.18. The molecule has 2 rings (SSSR count). The van der Waals surface area contributed by atoms with Crippen molar-refractivity contribution in [3.63, 3.8) is 0 Å². The van der Waals surface area contributed by atoms with E-state index in [2.05, 4.69) is 9.59 Å². The number of hydrogen-bond donors (Lipinski definition) is 2. The summed E-state index contributed by atoms with van der Waals surface area (Å²) in [6.07, 6.45) is 0. The molecule has 0 amide bonds. The molecule has 5 heteroatoms. The highest BCUT2D eigenvalue weighted by Crippen LogP contribution is 2.23. The molecule has 0 atom stereocenters. The molecule has 0 spiro atoms. The van der Waals surface area contributed by atoms with Gasteiger partial charge in [0.15, 0.2) is 0 Å². The minimum Gasteiger partial charge on any atom is -0.383 e. The highest BCUT2D eigenvalue weighted by molar-refractivity contribution is 7.08. The van der Waals surface area contributed by atoms with Gasteiger partial charge < -0.3 is 5.73 Å². The average molecular weight is 218 g/mol. The molecule has 0 aliphatic heterocycles. The Balaban J connectivity index is 2.54. The summed E-state index contributed by atoms with van der Waals surface area (Å²) in [4.78, 5) is 0.626. The number of nitrogen functional groups attached to an aromatic ring is 1. The molecule has 3 N–H and O–H groups in total. The Hall–Kier alpha value is -1.75.